The molecule has 0 spiro atoms. The second-order valence-electron chi connectivity index (χ2n) is 6.92. The first-order chi connectivity index (χ1) is 16.0. The quantitative estimate of drug-likeness (QED) is 0.421. The molecule has 1 aliphatic heterocycles. The van der Waals surface area contributed by atoms with Gasteiger partial charge >= 0.3 is 5.97 Å². The van der Waals surface area contributed by atoms with Crippen LogP contribution in [0.15, 0.2) is 53.7 Å². The van der Waals surface area contributed by atoms with Crippen molar-refractivity contribution in [3.8, 4) is 17.2 Å². The molecule has 11 nitrogen and oxygen atoms in total. The van der Waals surface area contributed by atoms with E-state index in [4.69, 9.17) is 18.9 Å². The van der Waals surface area contributed by atoms with Crippen LogP contribution in [0.3, 0.4) is 0 Å². The van der Waals surface area contributed by atoms with Gasteiger partial charge in [0.2, 0.25) is 5.95 Å². The number of nitrogens with zero attached hydrogens (tertiary/aromatic N) is 4. The number of tetrazole rings is 1. The fourth-order valence-electron chi connectivity index (χ4n) is 3.65. The van der Waals surface area contributed by atoms with Crippen molar-refractivity contribution in [2.45, 2.75) is 6.04 Å². The fourth-order valence-corrected chi connectivity index (χ4v) is 3.65. The Labute approximate surface area is 188 Å². The summed E-state index contributed by atoms with van der Waals surface area (Å²) < 4.78 is 22.6. The molecule has 1 atom stereocenters. The van der Waals surface area contributed by atoms with Gasteiger partial charge in [-0.05, 0) is 40.8 Å². The third kappa shape index (κ3) is 3.84. The minimum absolute atomic E-state index is 0.0708. The van der Waals surface area contributed by atoms with Crippen molar-refractivity contribution in [1.29, 1.82) is 0 Å². The summed E-state index contributed by atoms with van der Waals surface area (Å²) in [6.45, 7) is 0. The standard InChI is InChI=1S/C22H21N5O6/c1-30-13-7-5-6-12(10-13)20(28)17-18(21(29)33-4)23-22-24-25-26-27(22)19(17)15-11-14(31-2)8-9-16(15)32-3/h5-11,19H,1-4H3,(H,23,24,26)/t19-/m0/s1. The van der Waals surface area contributed by atoms with Gasteiger partial charge < -0.3 is 24.3 Å². The highest BCUT2D eigenvalue weighted by atomic mass is 16.5. The molecule has 4 rings (SSSR count). The van der Waals surface area contributed by atoms with E-state index in [-0.39, 0.29) is 17.2 Å². The van der Waals surface area contributed by atoms with Crippen LogP contribution in [0.25, 0.3) is 0 Å². The molecule has 0 saturated carbocycles. The van der Waals surface area contributed by atoms with E-state index in [0.29, 0.717) is 28.4 Å². The van der Waals surface area contributed by atoms with E-state index in [2.05, 4.69) is 20.8 Å². The second kappa shape index (κ2) is 8.99. The number of rotatable bonds is 7. The van der Waals surface area contributed by atoms with Gasteiger partial charge in [0.05, 0.1) is 34.0 Å². The highest BCUT2D eigenvalue weighted by Gasteiger charge is 2.40. The van der Waals surface area contributed by atoms with Gasteiger partial charge in [-0.1, -0.05) is 17.2 Å². The lowest BCUT2D eigenvalue weighted by atomic mass is 9.88. The number of Topliss-reactive ketones (excluding diaryl/α,β-unsaturated/α-hetero) is 1. The number of nitrogens with one attached hydrogen (secondary N) is 1. The molecular formula is C22H21N5O6. The molecule has 0 saturated heterocycles. The van der Waals surface area contributed by atoms with E-state index in [0.717, 1.165) is 0 Å². The number of carbonyl (C=O) groups excluding carboxylic acids is 2. The van der Waals surface area contributed by atoms with Crippen LogP contribution in [0.5, 0.6) is 17.2 Å². The molecular weight excluding hydrogens is 430 g/mol. The van der Waals surface area contributed by atoms with Crippen molar-refractivity contribution in [1.82, 2.24) is 20.2 Å². The predicted octanol–water partition coefficient (Wildman–Crippen LogP) is 2.02. The highest BCUT2D eigenvalue weighted by molar-refractivity contribution is 6.15. The van der Waals surface area contributed by atoms with Gasteiger partial charge in [-0.25, -0.2) is 4.79 Å². The van der Waals surface area contributed by atoms with Gasteiger partial charge in [0.15, 0.2) is 5.78 Å². The first-order valence-electron chi connectivity index (χ1n) is 9.80. The summed E-state index contributed by atoms with van der Waals surface area (Å²) >= 11 is 0. The maximum Gasteiger partial charge on any atom is 0.355 e. The summed E-state index contributed by atoms with van der Waals surface area (Å²) in [5.74, 6) is 0.423. The lowest BCUT2D eigenvalue weighted by molar-refractivity contribution is -0.136. The number of aromatic nitrogens is 4. The van der Waals surface area contributed by atoms with Crippen LogP contribution >= 0.6 is 0 Å². The first kappa shape index (κ1) is 21.8. The summed E-state index contributed by atoms with van der Waals surface area (Å²) in [6.07, 6.45) is 0. The molecule has 1 N–H and O–H groups in total. The molecule has 1 aromatic heterocycles. The Bertz CT molecular complexity index is 1250. The van der Waals surface area contributed by atoms with Crippen LogP contribution in [0.2, 0.25) is 0 Å². The zero-order chi connectivity index (χ0) is 23.5. The summed E-state index contributed by atoms with van der Waals surface area (Å²) in [4.78, 5) is 26.6. The molecule has 0 radical (unpaired) electrons. The van der Waals surface area contributed by atoms with Crippen LogP contribution in [-0.4, -0.2) is 60.4 Å². The van der Waals surface area contributed by atoms with E-state index in [9.17, 15) is 9.59 Å². The molecule has 170 valence electrons. The number of allylic oxidation sites excluding steroid dienone is 1. The minimum Gasteiger partial charge on any atom is -0.497 e. The molecule has 2 aromatic carbocycles. The van der Waals surface area contributed by atoms with Crippen molar-refractivity contribution in [3.63, 3.8) is 0 Å². The largest absolute Gasteiger partial charge is 0.497 e. The Kier molecular flexibility index (Phi) is 5.94. The van der Waals surface area contributed by atoms with E-state index in [1.54, 1.807) is 42.5 Å². The maximum absolute atomic E-state index is 13.9. The van der Waals surface area contributed by atoms with E-state index >= 15 is 0 Å². The normalized spacial score (nSPS) is 14.7. The molecule has 0 aliphatic carbocycles. The SMILES string of the molecule is COC(=O)C1=C(C(=O)c2cccc(OC)c2)[C@H](c2cc(OC)ccc2OC)n2nnnc2N1. The van der Waals surface area contributed by atoms with Gasteiger partial charge in [-0.15, -0.1) is 0 Å². The monoisotopic (exact) mass is 451 g/mol. The smallest absolute Gasteiger partial charge is 0.355 e. The number of benzene rings is 2. The zero-order valence-corrected chi connectivity index (χ0v) is 18.4. The van der Waals surface area contributed by atoms with Crippen molar-refractivity contribution < 1.29 is 28.5 Å². The molecule has 0 unspecified atom stereocenters. The predicted molar refractivity (Wildman–Crippen MR) is 115 cm³/mol. The Morgan fingerprint density at radius 3 is 2.42 bits per heavy atom. The number of methoxy groups -OCH3 is 4. The Morgan fingerprint density at radius 2 is 1.73 bits per heavy atom. The zero-order valence-electron chi connectivity index (χ0n) is 18.4. The fraction of sp³-hybridized carbons (Fsp3) is 0.227. The molecule has 0 bridgehead atoms. The summed E-state index contributed by atoms with van der Waals surface area (Å²) in [5.41, 5.74) is 0.805. The minimum atomic E-state index is -0.922. The number of fused-ring (bicyclic) bond motifs is 1. The van der Waals surface area contributed by atoms with Crippen molar-refractivity contribution in [2.24, 2.45) is 0 Å². The van der Waals surface area contributed by atoms with Gasteiger partial charge in [0.25, 0.3) is 0 Å². The topological polar surface area (TPSA) is 127 Å². The Balaban J connectivity index is 2.00. The molecule has 33 heavy (non-hydrogen) atoms. The molecule has 11 heteroatoms. The third-order valence-corrected chi connectivity index (χ3v) is 5.21. The van der Waals surface area contributed by atoms with Crippen LogP contribution in [-0.2, 0) is 9.53 Å². The average molecular weight is 451 g/mol. The average Bonchev–Trinajstić information content (AvgIpc) is 3.34. The molecule has 2 heterocycles. The summed E-state index contributed by atoms with van der Waals surface area (Å²) in [6, 6.07) is 10.8. The third-order valence-electron chi connectivity index (χ3n) is 5.21. The molecule has 0 amide bonds. The van der Waals surface area contributed by atoms with Crippen LogP contribution < -0.4 is 19.5 Å². The Morgan fingerprint density at radius 1 is 0.970 bits per heavy atom. The second-order valence-corrected chi connectivity index (χ2v) is 6.92. The van der Waals surface area contributed by atoms with Crippen LogP contribution in [0.4, 0.5) is 5.95 Å². The maximum atomic E-state index is 13.9. The van der Waals surface area contributed by atoms with Crippen molar-refractivity contribution >= 4 is 17.7 Å². The Hall–Kier alpha value is -4.41. The first-order valence-corrected chi connectivity index (χ1v) is 9.80. The van der Waals surface area contributed by atoms with Crippen molar-refractivity contribution in [2.75, 3.05) is 33.8 Å². The van der Waals surface area contributed by atoms with Gasteiger partial charge in [-0.2, -0.15) is 4.68 Å². The van der Waals surface area contributed by atoms with Crippen molar-refractivity contribution in [3.05, 3.63) is 64.9 Å². The number of ketones is 1. The van der Waals surface area contributed by atoms with Gasteiger partial charge in [0, 0.05) is 11.1 Å². The molecule has 0 fully saturated rings. The summed E-state index contributed by atoms with van der Waals surface area (Å²) in [5, 5.41) is 14.5. The number of anilines is 1. The number of carbonyl (C=O) groups is 2. The van der Waals surface area contributed by atoms with Gasteiger partial charge in [-0.3, -0.25) is 4.79 Å². The lowest BCUT2D eigenvalue weighted by Gasteiger charge is -2.29. The number of hydrogen-bond donors (Lipinski definition) is 1. The van der Waals surface area contributed by atoms with E-state index in [1.165, 1.54) is 33.1 Å². The van der Waals surface area contributed by atoms with Crippen LogP contribution in [0, 0.1) is 0 Å². The van der Waals surface area contributed by atoms with Gasteiger partial charge in [0.1, 0.15) is 29.0 Å². The van der Waals surface area contributed by atoms with E-state index < -0.39 is 17.8 Å². The number of ether oxygens (including phenoxy) is 4. The number of hydrogen-bond acceptors (Lipinski definition) is 10. The highest BCUT2D eigenvalue weighted by Crippen LogP contribution is 2.41. The lowest BCUT2D eigenvalue weighted by Crippen LogP contribution is -2.33. The molecule has 1 aliphatic rings. The number of esters is 1. The summed E-state index contributed by atoms with van der Waals surface area (Å²) in [7, 11) is 5.75. The van der Waals surface area contributed by atoms with E-state index in [1.807, 2.05) is 0 Å². The molecule has 3 aromatic rings. The van der Waals surface area contributed by atoms with Crippen LogP contribution in [0.1, 0.15) is 22.0 Å².